The number of ether oxygens (including phenoxy) is 4. The summed E-state index contributed by atoms with van der Waals surface area (Å²) in [5.74, 6) is -3.36. The molecular formula is C26H45N3O9. The van der Waals surface area contributed by atoms with E-state index >= 15 is 0 Å². The molecule has 0 bridgehead atoms. The van der Waals surface area contributed by atoms with Gasteiger partial charge in [-0.05, 0) is 32.1 Å². The molecule has 1 aliphatic carbocycles. The second-order valence-electron chi connectivity index (χ2n) is 10.2. The summed E-state index contributed by atoms with van der Waals surface area (Å²) in [6.45, 7) is 4.25. The Morgan fingerprint density at radius 1 is 0.711 bits per heavy atom. The number of nitrogens with one attached hydrogen (secondary N) is 3. The van der Waals surface area contributed by atoms with E-state index in [0.717, 1.165) is 38.5 Å². The lowest BCUT2D eigenvalue weighted by Crippen LogP contribution is -2.39. The zero-order valence-electron chi connectivity index (χ0n) is 22.4. The predicted molar refractivity (Wildman–Crippen MR) is 136 cm³/mol. The van der Waals surface area contributed by atoms with E-state index in [1.54, 1.807) is 0 Å². The third-order valence-corrected chi connectivity index (χ3v) is 7.11. The molecule has 6 atom stereocenters. The standard InChI is InChI=1S/C26H45N3O9/c1-2-3-4-5-10-27-22(32)19-20(23(33)28-11-15-37-25-17(30)8-6-13-35-25)21(19)24(34)29-12-16-38-26-18(31)9-7-14-36-26/h17-21,25-26,30-31H,2-16H2,1H3,(H,27,32)(H,28,33)(H,29,34). The summed E-state index contributed by atoms with van der Waals surface area (Å²) in [5.41, 5.74) is 0. The van der Waals surface area contributed by atoms with Gasteiger partial charge in [0.1, 0.15) is 12.2 Å². The molecule has 38 heavy (non-hydrogen) atoms. The van der Waals surface area contributed by atoms with E-state index in [0.29, 0.717) is 32.6 Å². The highest BCUT2D eigenvalue weighted by Gasteiger charge is 2.62. The number of hydrogen-bond acceptors (Lipinski definition) is 9. The van der Waals surface area contributed by atoms with Crippen LogP contribution in [0.3, 0.4) is 0 Å². The van der Waals surface area contributed by atoms with Crippen molar-refractivity contribution in [3.8, 4) is 0 Å². The van der Waals surface area contributed by atoms with Crippen LogP contribution in [0.25, 0.3) is 0 Å². The summed E-state index contributed by atoms with van der Waals surface area (Å²) >= 11 is 0. The molecule has 0 aromatic rings. The van der Waals surface area contributed by atoms with Crippen molar-refractivity contribution in [3.63, 3.8) is 0 Å². The number of aliphatic hydroxyl groups is 2. The predicted octanol–water partition coefficient (Wildman–Crippen LogP) is -0.194. The van der Waals surface area contributed by atoms with Gasteiger partial charge in [0.2, 0.25) is 17.7 Å². The van der Waals surface area contributed by atoms with Crippen LogP contribution in [-0.2, 0) is 33.3 Å². The Kier molecular flexibility index (Phi) is 13.2. The van der Waals surface area contributed by atoms with Crippen molar-refractivity contribution >= 4 is 17.7 Å². The number of aliphatic hydroxyl groups excluding tert-OH is 2. The molecule has 2 aliphatic heterocycles. The Labute approximate surface area is 224 Å². The molecule has 5 N–H and O–H groups in total. The maximum Gasteiger partial charge on any atom is 0.224 e. The average Bonchev–Trinajstić information content (AvgIpc) is 3.67. The largest absolute Gasteiger partial charge is 0.388 e. The van der Waals surface area contributed by atoms with Gasteiger partial charge in [0.25, 0.3) is 0 Å². The van der Waals surface area contributed by atoms with Crippen molar-refractivity contribution in [2.45, 2.75) is 83.1 Å². The molecule has 12 heteroatoms. The minimum absolute atomic E-state index is 0.137. The van der Waals surface area contributed by atoms with Crippen LogP contribution in [0.1, 0.15) is 58.3 Å². The number of carbonyl (C=O) groups excluding carboxylic acids is 3. The highest BCUT2D eigenvalue weighted by molar-refractivity contribution is 6.02. The molecule has 1 saturated carbocycles. The molecule has 3 rings (SSSR count). The van der Waals surface area contributed by atoms with E-state index < -0.39 is 42.5 Å². The minimum atomic E-state index is -0.772. The van der Waals surface area contributed by atoms with E-state index in [2.05, 4.69) is 22.9 Å². The fourth-order valence-electron chi connectivity index (χ4n) is 4.90. The quantitative estimate of drug-likeness (QED) is 0.166. The van der Waals surface area contributed by atoms with Crippen molar-refractivity contribution < 1.29 is 43.5 Å². The fraction of sp³-hybridized carbons (Fsp3) is 0.885. The third kappa shape index (κ3) is 9.42. The Balaban J connectivity index is 1.43. The molecule has 3 fully saturated rings. The zero-order chi connectivity index (χ0) is 27.3. The maximum atomic E-state index is 12.9. The molecule has 2 saturated heterocycles. The topological polar surface area (TPSA) is 165 Å². The van der Waals surface area contributed by atoms with Crippen LogP contribution in [0.5, 0.6) is 0 Å². The summed E-state index contributed by atoms with van der Waals surface area (Å²) < 4.78 is 21.8. The lowest BCUT2D eigenvalue weighted by molar-refractivity contribution is -0.213. The first-order chi connectivity index (χ1) is 18.4. The summed E-state index contributed by atoms with van der Waals surface area (Å²) in [6, 6.07) is 0. The first-order valence-corrected chi connectivity index (χ1v) is 14.1. The molecule has 0 aromatic heterocycles. The van der Waals surface area contributed by atoms with Crippen molar-refractivity contribution in [1.82, 2.24) is 16.0 Å². The van der Waals surface area contributed by atoms with Crippen molar-refractivity contribution in [3.05, 3.63) is 0 Å². The number of hydrogen-bond donors (Lipinski definition) is 5. The van der Waals surface area contributed by atoms with Gasteiger partial charge in [-0.15, -0.1) is 0 Å². The lowest BCUT2D eigenvalue weighted by atomic mass is 10.1. The van der Waals surface area contributed by atoms with Gasteiger partial charge in [-0.1, -0.05) is 26.2 Å². The van der Waals surface area contributed by atoms with Gasteiger partial charge in [-0.3, -0.25) is 14.4 Å². The van der Waals surface area contributed by atoms with E-state index in [1.165, 1.54) is 0 Å². The number of unbranched alkanes of at least 4 members (excludes halogenated alkanes) is 3. The van der Waals surface area contributed by atoms with Crippen LogP contribution in [0.4, 0.5) is 0 Å². The first kappa shape index (κ1) is 30.7. The molecule has 0 aromatic carbocycles. The zero-order valence-corrected chi connectivity index (χ0v) is 22.4. The second-order valence-corrected chi connectivity index (χ2v) is 10.2. The highest BCUT2D eigenvalue weighted by atomic mass is 16.7. The van der Waals surface area contributed by atoms with Crippen LogP contribution in [0, 0.1) is 17.8 Å². The lowest BCUT2D eigenvalue weighted by Gasteiger charge is -2.27. The summed E-state index contributed by atoms with van der Waals surface area (Å²) in [4.78, 5) is 38.5. The third-order valence-electron chi connectivity index (χ3n) is 7.11. The van der Waals surface area contributed by atoms with Gasteiger partial charge < -0.3 is 45.1 Å². The van der Waals surface area contributed by atoms with Crippen LogP contribution < -0.4 is 16.0 Å². The van der Waals surface area contributed by atoms with E-state index in [-0.39, 0.29) is 44.0 Å². The minimum Gasteiger partial charge on any atom is -0.388 e. The van der Waals surface area contributed by atoms with Crippen LogP contribution >= 0.6 is 0 Å². The van der Waals surface area contributed by atoms with Crippen LogP contribution in [0.2, 0.25) is 0 Å². The van der Waals surface area contributed by atoms with Crippen molar-refractivity contribution in [2.24, 2.45) is 17.8 Å². The van der Waals surface area contributed by atoms with Gasteiger partial charge in [0.15, 0.2) is 12.6 Å². The van der Waals surface area contributed by atoms with Gasteiger partial charge >= 0.3 is 0 Å². The molecule has 12 nitrogen and oxygen atoms in total. The molecule has 218 valence electrons. The number of rotatable bonds is 16. The SMILES string of the molecule is CCCCCCNC(=O)C1C(C(=O)NCCOC2OCCCC2O)C1C(=O)NCCOC1OCCCC1O. The molecule has 2 heterocycles. The molecule has 0 radical (unpaired) electrons. The number of amides is 3. The van der Waals surface area contributed by atoms with Crippen LogP contribution in [-0.4, -0.2) is 98.8 Å². The van der Waals surface area contributed by atoms with E-state index in [4.69, 9.17) is 18.9 Å². The van der Waals surface area contributed by atoms with Crippen molar-refractivity contribution in [1.29, 1.82) is 0 Å². The number of carbonyl (C=O) groups is 3. The van der Waals surface area contributed by atoms with Gasteiger partial charge in [-0.2, -0.15) is 0 Å². The smallest absolute Gasteiger partial charge is 0.224 e. The van der Waals surface area contributed by atoms with Crippen LogP contribution in [0.15, 0.2) is 0 Å². The molecular weight excluding hydrogens is 498 g/mol. The molecule has 6 unspecified atom stereocenters. The summed E-state index contributed by atoms with van der Waals surface area (Å²) in [5, 5.41) is 28.2. The monoisotopic (exact) mass is 543 g/mol. The van der Waals surface area contributed by atoms with E-state index in [1.807, 2.05) is 0 Å². The molecule has 3 amide bonds. The average molecular weight is 544 g/mol. The fourth-order valence-corrected chi connectivity index (χ4v) is 4.90. The van der Waals surface area contributed by atoms with Gasteiger partial charge in [0.05, 0.1) is 31.0 Å². The Bertz CT molecular complexity index is 707. The van der Waals surface area contributed by atoms with Crippen molar-refractivity contribution in [2.75, 3.05) is 46.1 Å². The van der Waals surface area contributed by atoms with Gasteiger partial charge in [-0.25, -0.2) is 0 Å². The van der Waals surface area contributed by atoms with E-state index in [9.17, 15) is 24.6 Å². The summed E-state index contributed by atoms with van der Waals surface area (Å²) in [7, 11) is 0. The maximum absolute atomic E-state index is 12.9. The highest BCUT2D eigenvalue weighted by Crippen LogP contribution is 2.47. The Morgan fingerprint density at radius 2 is 1.16 bits per heavy atom. The molecule has 3 aliphatic rings. The second kappa shape index (κ2) is 16.3. The Morgan fingerprint density at radius 3 is 1.58 bits per heavy atom. The first-order valence-electron chi connectivity index (χ1n) is 14.1. The summed E-state index contributed by atoms with van der Waals surface area (Å²) in [6.07, 6.45) is 3.96. The normalized spacial score (nSPS) is 30.9. The Hall–Kier alpha value is -1.83. The molecule has 0 spiro atoms. The van der Waals surface area contributed by atoms with Gasteiger partial charge in [0, 0.05) is 32.8 Å².